The lowest BCUT2D eigenvalue weighted by Gasteiger charge is -2.15. The summed E-state index contributed by atoms with van der Waals surface area (Å²) in [5.41, 5.74) is 11.5. The molecule has 0 bridgehead atoms. The summed E-state index contributed by atoms with van der Waals surface area (Å²) >= 11 is 6.76. The fraction of sp³-hybridized carbons (Fsp3) is 0.370. The van der Waals surface area contributed by atoms with E-state index < -0.39 is 0 Å². The van der Waals surface area contributed by atoms with Crippen LogP contribution in [0.25, 0.3) is 22.3 Å². The van der Waals surface area contributed by atoms with Gasteiger partial charge in [0.15, 0.2) is 17.0 Å². The smallest absolute Gasteiger partial charge is 0.320 e. The van der Waals surface area contributed by atoms with Gasteiger partial charge in [0.05, 0.1) is 20.3 Å². The maximum absolute atomic E-state index is 6.76. The number of likely N-dealkylation sites (tertiary alicyclic amines) is 1. The molecule has 9 nitrogen and oxygen atoms in total. The van der Waals surface area contributed by atoms with Crippen molar-refractivity contribution in [3.05, 3.63) is 58.6 Å². The second-order valence-electron chi connectivity index (χ2n) is 9.08. The summed E-state index contributed by atoms with van der Waals surface area (Å²) in [6.07, 6.45) is 2.60. The number of nitrogens with zero attached hydrogens (tertiary/aromatic N) is 5. The van der Waals surface area contributed by atoms with Gasteiger partial charge >= 0.3 is 6.01 Å². The Morgan fingerprint density at radius 2 is 1.68 bits per heavy atom. The van der Waals surface area contributed by atoms with Crippen molar-refractivity contribution >= 4 is 28.6 Å². The van der Waals surface area contributed by atoms with Gasteiger partial charge < -0.3 is 19.9 Å². The van der Waals surface area contributed by atoms with Crippen LogP contribution in [0.2, 0.25) is 5.02 Å². The Hall–Kier alpha value is -3.40. The van der Waals surface area contributed by atoms with Gasteiger partial charge in [0, 0.05) is 18.7 Å². The molecule has 2 aromatic heterocycles. The van der Waals surface area contributed by atoms with Crippen LogP contribution in [0.5, 0.6) is 12.0 Å². The molecule has 194 valence electrons. The first-order valence-corrected chi connectivity index (χ1v) is 12.7. The molecule has 1 aliphatic heterocycles. The van der Waals surface area contributed by atoms with Gasteiger partial charge in [-0.15, -0.1) is 0 Å². The van der Waals surface area contributed by atoms with Crippen molar-refractivity contribution in [1.29, 1.82) is 0 Å². The molecule has 37 heavy (non-hydrogen) atoms. The van der Waals surface area contributed by atoms with Gasteiger partial charge in [-0.2, -0.15) is 15.0 Å². The first-order valence-electron chi connectivity index (χ1n) is 12.4. The highest BCUT2D eigenvalue weighted by atomic mass is 35.5. The number of benzene rings is 2. The second kappa shape index (κ2) is 11.3. The fourth-order valence-corrected chi connectivity index (χ4v) is 4.83. The number of hydrogen-bond donors (Lipinski definition) is 1. The molecule has 0 saturated carbocycles. The molecule has 4 aromatic rings. The Balaban J connectivity index is 1.38. The molecule has 0 aliphatic carbocycles. The molecule has 0 spiro atoms. The molecule has 1 saturated heterocycles. The molecule has 1 aliphatic rings. The number of rotatable bonds is 10. The molecule has 2 aromatic carbocycles. The van der Waals surface area contributed by atoms with E-state index in [4.69, 9.17) is 31.5 Å². The van der Waals surface area contributed by atoms with Crippen LogP contribution in [0.4, 0.5) is 5.82 Å². The topological polar surface area (TPSA) is 101 Å². The van der Waals surface area contributed by atoms with E-state index in [1.165, 1.54) is 31.5 Å². The molecular weight excluding hydrogens is 492 g/mol. The first kappa shape index (κ1) is 25.3. The molecule has 1 fully saturated rings. The molecule has 0 unspecified atom stereocenters. The highest BCUT2D eigenvalue weighted by molar-refractivity contribution is 6.31. The molecular formula is C27H31ClN6O3. The van der Waals surface area contributed by atoms with E-state index >= 15 is 0 Å². The van der Waals surface area contributed by atoms with Crippen LogP contribution in [0, 0.1) is 0 Å². The summed E-state index contributed by atoms with van der Waals surface area (Å²) in [7, 11) is 3.15. The third kappa shape index (κ3) is 5.64. The van der Waals surface area contributed by atoms with Crippen LogP contribution in [0.1, 0.15) is 24.0 Å². The maximum Gasteiger partial charge on any atom is 0.320 e. The van der Waals surface area contributed by atoms with Crippen LogP contribution >= 0.6 is 11.6 Å². The van der Waals surface area contributed by atoms with Crippen LogP contribution in [0.15, 0.2) is 42.5 Å². The average Bonchev–Trinajstić information content (AvgIpc) is 3.54. The van der Waals surface area contributed by atoms with Crippen molar-refractivity contribution in [3.63, 3.8) is 0 Å². The quantitative estimate of drug-likeness (QED) is 0.306. The predicted molar refractivity (Wildman–Crippen MR) is 144 cm³/mol. The van der Waals surface area contributed by atoms with Crippen LogP contribution in [-0.2, 0) is 17.8 Å². The Morgan fingerprint density at radius 3 is 2.38 bits per heavy atom. The molecule has 5 rings (SSSR count). The van der Waals surface area contributed by atoms with Gasteiger partial charge in [0.1, 0.15) is 6.61 Å². The summed E-state index contributed by atoms with van der Waals surface area (Å²) in [6.45, 7) is 4.49. The van der Waals surface area contributed by atoms with Crippen LogP contribution < -0.4 is 15.2 Å². The Bertz CT molecular complexity index is 1370. The van der Waals surface area contributed by atoms with E-state index in [0.29, 0.717) is 42.0 Å². The summed E-state index contributed by atoms with van der Waals surface area (Å²) in [4.78, 5) is 15.7. The van der Waals surface area contributed by atoms with Crippen molar-refractivity contribution in [2.24, 2.45) is 0 Å². The number of nitrogen functional groups attached to an aromatic ring is 1. The van der Waals surface area contributed by atoms with Gasteiger partial charge in [-0.25, -0.2) is 0 Å². The van der Waals surface area contributed by atoms with E-state index in [1.54, 1.807) is 14.2 Å². The van der Waals surface area contributed by atoms with Gasteiger partial charge in [0.25, 0.3) is 6.01 Å². The maximum atomic E-state index is 6.76. The normalized spacial score (nSPS) is 13.9. The number of ether oxygens (including phenoxy) is 3. The fourth-order valence-electron chi connectivity index (χ4n) is 4.59. The van der Waals surface area contributed by atoms with Crippen molar-refractivity contribution < 1.29 is 14.2 Å². The van der Waals surface area contributed by atoms with Gasteiger partial charge in [-0.3, -0.25) is 9.47 Å². The number of aromatic nitrogens is 4. The SMILES string of the molecule is COCCOc1nc(N)c2nc(OC)n(Cc3ccc(-c4ccc(CN5CCCC5)cc4)cc3Cl)c2n1. The minimum absolute atomic E-state index is 0.153. The zero-order valence-electron chi connectivity index (χ0n) is 21.1. The Kier molecular flexibility index (Phi) is 7.73. The monoisotopic (exact) mass is 522 g/mol. The number of nitrogens with two attached hydrogens (primary N) is 1. The molecule has 0 amide bonds. The van der Waals surface area contributed by atoms with E-state index in [1.807, 2.05) is 16.7 Å². The van der Waals surface area contributed by atoms with Gasteiger partial charge in [-0.1, -0.05) is 48.0 Å². The lowest BCUT2D eigenvalue weighted by Crippen LogP contribution is -2.18. The van der Waals surface area contributed by atoms with Crippen molar-refractivity contribution in [2.75, 3.05) is 46.3 Å². The lowest BCUT2D eigenvalue weighted by molar-refractivity contribution is 0.141. The largest absolute Gasteiger partial charge is 0.468 e. The third-order valence-electron chi connectivity index (χ3n) is 6.54. The molecule has 3 heterocycles. The van der Waals surface area contributed by atoms with E-state index in [0.717, 1.165) is 23.2 Å². The zero-order chi connectivity index (χ0) is 25.8. The minimum Gasteiger partial charge on any atom is -0.468 e. The van der Waals surface area contributed by atoms with Crippen molar-refractivity contribution in [1.82, 2.24) is 24.4 Å². The van der Waals surface area contributed by atoms with Crippen molar-refractivity contribution in [3.8, 4) is 23.1 Å². The number of hydrogen-bond acceptors (Lipinski definition) is 8. The highest BCUT2D eigenvalue weighted by Gasteiger charge is 2.19. The predicted octanol–water partition coefficient (Wildman–Crippen LogP) is 4.41. The Morgan fingerprint density at radius 1 is 0.919 bits per heavy atom. The van der Waals surface area contributed by atoms with Gasteiger partial charge in [-0.05, 0) is 54.3 Å². The number of anilines is 1. The summed E-state index contributed by atoms with van der Waals surface area (Å²) in [5, 5.41) is 0.640. The molecule has 0 radical (unpaired) electrons. The molecule has 10 heteroatoms. The number of methoxy groups -OCH3 is 2. The number of halogens is 1. The van der Waals surface area contributed by atoms with E-state index in [9.17, 15) is 0 Å². The van der Waals surface area contributed by atoms with E-state index in [2.05, 4.69) is 50.2 Å². The van der Waals surface area contributed by atoms with Crippen LogP contribution in [0.3, 0.4) is 0 Å². The average molecular weight is 523 g/mol. The van der Waals surface area contributed by atoms with Crippen molar-refractivity contribution in [2.45, 2.75) is 25.9 Å². The highest BCUT2D eigenvalue weighted by Crippen LogP contribution is 2.30. The third-order valence-corrected chi connectivity index (χ3v) is 6.89. The lowest BCUT2D eigenvalue weighted by atomic mass is 10.0. The zero-order valence-corrected chi connectivity index (χ0v) is 21.9. The minimum atomic E-state index is 0.153. The summed E-state index contributed by atoms with van der Waals surface area (Å²) in [6, 6.07) is 15.3. The Labute approximate surface area is 221 Å². The molecule has 2 N–H and O–H groups in total. The van der Waals surface area contributed by atoms with Crippen LogP contribution in [-0.4, -0.2) is 64.9 Å². The standard InChI is InChI=1S/C27H31ClN6O3/c1-35-13-14-37-26-31-24(29)23-25(32-26)34(27(30-23)36-2)17-21-10-9-20(15-22(21)28)19-7-5-18(6-8-19)16-33-11-3-4-12-33/h5-10,15H,3-4,11-14,16-17H2,1-2H3,(H2,29,31,32). The second-order valence-corrected chi connectivity index (χ2v) is 9.48. The summed E-state index contributed by atoms with van der Waals surface area (Å²) < 4.78 is 17.9. The molecule has 0 atom stereocenters. The van der Waals surface area contributed by atoms with E-state index in [-0.39, 0.29) is 11.8 Å². The van der Waals surface area contributed by atoms with Gasteiger partial charge in [0.2, 0.25) is 0 Å². The number of imidazole rings is 1. The number of fused-ring (bicyclic) bond motifs is 1. The first-order chi connectivity index (χ1) is 18.1. The summed E-state index contributed by atoms with van der Waals surface area (Å²) in [5.74, 6) is 0.212.